The van der Waals surface area contributed by atoms with Crippen LogP contribution in [0.5, 0.6) is 0 Å². The van der Waals surface area contributed by atoms with Gasteiger partial charge in [-0.2, -0.15) is 0 Å². The van der Waals surface area contributed by atoms with Crippen LogP contribution in [0.15, 0.2) is 58.5 Å². The standard InChI is InChI=1S/C20H22Cl2N2S4/c1-3-13-25-19(23-17-9-5-15(21)6-10-17)27-28-20(26-14-4-2)24-18-11-7-16(22)8-12-18/h5-12H,3-4,13-14H2,1-2H3. The second kappa shape index (κ2) is 13.9. The van der Waals surface area contributed by atoms with Gasteiger partial charge in [0.25, 0.3) is 0 Å². The smallest absolute Gasteiger partial charge is 0.141 e. The highest BCUT2D eigenvalue weighted by Gasteiger charge is 2.09. The van der Waals surface area contributed by atoms with E-state index < -0.39 is 0 Å². The molecule has 2 rings (SSSR count). The van der Waals surface area contributed by atoms with Crippen molar-refractivity contribution in [2.24, 2.45) is 9.98 Å². The van der Waals surface area contributed by atoms with Crippen LogP contribution in [-0.2, 0) is 0 Å². The molecule has 0 N–H and O–H groups in total. The van der Waals surface area contributed by atoms with Crippen molar-refractivity contribution >= 4 is 88.4 Å². The summed E-state index contributed by atoms with van der Waals surface area (Å²) in [5.74, 6) is 2.07. The fraction of sp³-hybridized carbons (Fsp3) is 0.300. The van der Waals surface area contributed by atoms with Crippen molar-refractivity contribution in [3.8, 4) is 0 Å². The van der Waals surface area contributed by atoms with E-state index in [0.717, 1.165) is 54.5 Å². The zero-order chi connectivity index (χ0) is 20.2. The molecule has 0 bridgehead atoms. The third-order valence-corrected chi connectivity index (χ3v) is 9.13. The van der Waals surface area contributed by atoms with Crippen LogP contribution in [0.2, 0.25) is 10.0 Å². The normalized spacial score (nSPS) is 12.4. The number of nitrogens with zero attached hydrogens (tertiary/aromatic N) is 2. The second-order valence-corrected chi connectivity index (χ2v) is 11.2. The zero-order valence-corrected chi connectivity index (χ0v) is 20.5. The third kappa shape index (κ3) is 9.51. The molecule has 28 heavy (non-hydrogen) atoms. The monoisotopic (exact) mass is 488 g/mol. The van der Waals surface area contributed by atoms with Gasteiger partial charge >= 0.3 is 0 Å². The first kappa shape index (κ1) is 24.0. The Morgan fingerprint density at radius 2 is 1.04 bits per heavy atom. The van der Waals surface area contributed by atoms with Gasteiger partial charge in [0.1, 0.15) is 8.75 Å². The molecule has 0 aliphatic carbocycles. The maximum atomic E-state index is 5.98. The number of hydrogen-bond acceptors (Lipinski definition) is 6. The lowest BCUT2D eigenvalue weighted by Gasteiger charge is -2.07. The van der Waals surface area contributed by atoms with Crippen molar-refractivity contribution in [1.82, 2.24) is 0 Å². The summed E-state index contributed by atoms with van der Waals surface area (Å²) in [4.78, 5) is 9.58. The van der Waals surface area contributed by atoms with Crippen LogP contribution in [0.25, 0.3) is 0 Å². The Labute approximate surface area is 194 Å². The summed E-state index contributed by atoms with van der Waals surface area (Å²) in [7, 11) is 3.32. The second-order valence-electron chi connectivity index (χ2n) is 5.57. The Hall–Kier alpha value is -0.240. The minimum absolute atomic E-state index is 0.720. The van der Waals surface area contributed by atoms with Crippen LogP contribution in [-0.4, -0.2) is 20.3 Å². The van der Waals surface area contributed by atoms with Crippen molar-refractivity contribution in [3.63, 3.8) is 0 Å². The summed E-state index contributed by atoms with van der Waals surface area (Å²) in [6.45, 7) is 4.35. The number of aliphatic imine (C=N–C) groups is 2. The number of thioether (sulfide) groups is 2. The number of hydrogen-bond donors (Lipinski definition) is 0. The van der Waals surface area contributed by atoms with E-state index in [2.05, 4.69) is 13.8 Å². The van der Waals surface area contributed by atoms with E-state index in [9.17, 15) is 0 Å². The van der Waals surface area contributed by atoms with Gasteiger partial charge in [-0.3, -0.25) is 0 Å². The summed E-state index contributed by atoms with van der Waals surface area (Å²) < 4.78 is 2.05. The molecule has 0 spiro atoms. The molecule has 0 fully saturated rings. The Balaban J connectivity index is 2.12. The quantitative estimate of drug-likeness (QED) is 0.229. The minimum Gasteiger partial charge on any atom is -0.234 e. The summed E-state index contributed by atoms with van der Waals surface area (Å²) in [5, 5.41) is 1.44. The van der Waals surface area contributed by atoms with Gasteiger partial charge < -0.3 is 0 Å². The first-order chi connectivity index (χ1) is 13.6. The molecule has 0 amide bonds. The molecule has 0 unspecified atom stereocenters. The number of benzene rings is 2. The fourth-order valence-corrected chi connectivity index (χ4v) is 6.63. The lowest BCUT2D eigenvalue weighted by molar-refractivity contribution is 1.11. The van der Waals surface area contributed by atoms with Crippen molar-refractivity contribution in [1.29, 1.82) is 0 Å². The van der Waals surface area contributed by atoms with Crippen LogP contribution in [0.3, 0.4) is 0 Å². The highest BCUT2D eigenvalue weighted by molar-refractivity contribution is 8.93. The predicted octanol–water partition coefficient (Wildman–Crippen LogP) is 9.34. The summed E-state index contributed by atoms with van der Waals surface area (Å²) in [6, 6.07) is 15.2. The van der Waals surface area contributed by atoms with Crippen LogP contribution in [0.4, 0.5) is 11.4 Å². The van der Waals surface area contributed by atoms with E-state index in [1.807, 2.05) is 48.5 Å². The fourth-order valence-electron chi connectivity index (χ4n) is 1.84. The first-order valence-electron chi connectivity index (χ1n) is 8.89. The van der Waals surface area contributed by atoms with E-state index in [1.165, 1.54) is 0 Å². The van der Waals surface area contributed by atoms with Gasteiger partial charge in [-0.15, -0.1) is 0 Å². The molecule has 0 aliphatic heterocycles. The summed E-state index contributed by atoms with van der Waals surface area (Å²) in [6.07, 6.45) is 2.21. The van der Waals surface area contributed by atoms with E-state index in [1.54, 1.807) is 45.1 Å². The summed E-state index contributed by atoms with van der Waals surface area (Å²) in [5.41, 5.74) is 1.82. The molecule has 2 aromatic carbocycles. The molecule has 2 nitrogen and oxygen atoms in total. The van der Waals surface area contributed by atoms with Crippen LogP contribution >= 0.6 is 68.3 Å². The third-order valence-electron chi connectivity index (χ3n) is 3.14. The molecule has 0 radical (unpaired) electrons. The van der Waals surface area contributed by atoms with Crippen molar-refractivity contribution in [3.05, 3.63) is 58.6 Å². The van der Waals surface area contributed by atoms with Gasteiger partial charge in [0.05, 0.1) is 11.4 Å². The Morgan fingerprint density at radius 3 is 1.36 bits per heavy atom. The van der Waals surface area contributed by atoms with Gasteiger partial charge in [0.15, 0.2) is 0 Å². The first-order valence-corrected chi connectivity index (χ1v) is 13.8. The Kier molecular flexibility index (Phi) is 11.9. The van der Waals surface area contributed by atoms with Crippen LogP contribution in [0.1, 0.15) is 26.7 Å². The van der Waals surface area contributed by atoms with Gasteiger partial charge in [-0.25, -0.2) is 9.98 Å². The summed E-state index contributed by atoms with van der Waals surface area (Å²) >= 11 is 15.5. The highest BCUT2D eigenvalue weighted by Crippen LogP contribution is 2.37. The Bertz CT molecular complexity index is 710. The van der Waals surface area contributed by atoms with Crippen LogP contribution < -0.4 is 0 Å². The van der Waals surface area contributed by atoms with Crippen molar-refractivity contribution in [2.75, 3.05) is 11.5 Å². The molecule has 0 saturated carbocycles. The lowest BCUT2D eigenvalue weighted by Crippen LogP contribution is -1.90. The molecule has 0 heterocycles. The topological polar surface area (TPSA) is 24.7 Å². The maximum Gasteiger partial charge on any atom is 0.141 e. The largest absolute Gasteiger partial charge is 0.234 e. The number of halogens is 2. The van der Waals surface area contributed by atoms with E-state index in [0.29, 0.717) is 0 Å². The SMILES string of the molecule is CCCSC(=Nc1ccc(Cl)cc1)SSC(=Nc1ccc(Cl)cc1)SCCC. The molecular formula is C20H22Cl2N2S4. The maximum absolute atomic E-state index is 5.98. The van der Waals surface area contributed by atoms with Gasteiger partial charge in [-0.1, -0.05) is 60.6 Å². The van der Waals surface area contributed by atoms with E-state index in [-0.39, 0.29) is 0 Å². The molecule has 8 heteroatoms. The van der Waals surface area contributed by atoms with E-state index in [4.69, 9.17) is 33.2 Å². The van der Waals surface area contributed by atoms with Gasteiger partial charge in [-0.05, 0) is 94.5 Å². The zero-order valence-electron chi connectivity index (χ0n) is 15.7. The van der Waals surface area contributed by atoms with Crippen molar-refractivity contribution in [2.45, 2.75) is 26.7 Å². The number of rotatable bonds is 6. The molecule has 150 valence electrons. The van der Waals surface area contributed by atoms with E-state index >= 15 is 0 Å². The average molecular weight is 490 g/mol. The average Bonchev–Trinajstić information content (AvgIpc) is 2.71. The molecular weight excluding hydrogens is 467 g/mol. The predicted molar refractivity (Wildman–Crippen MR) is 138 cm³/mol. The van der Waals surface area contributed by atoms with Crippen LogP contribution in [0, 0.1) is 0 Å². The molecule has 0 saturated heterocycles. The molecule has 2 aromatic rings. The van der Waals surface area contributed by atoms with Crippen molar-refractivity contribution < 1.29 is 0 Å². The van der Waals surface area contributed by atoms with Gasteiger partial charge in [0.2, 0.25) is 0 Å². The Morgan fingerprint density at radius 1 is 0.679 bits per heavy atom. The lowest BCUT2D eigenvalue weighted by atomic mass is 10.3. The molecule has 0 atom stereocenters. The molecule has 0 aromatic heterocycles. The highest BCUT2D eigenvalue weighted by atomic mass is 35.5. The molecule has 0 aliphatic rings. The minimum atomic E-state index is 0.720. The van der Waals surface area contributed by atoms with Gasteiger partial charge in [0, 0.05) is 10.0 Å².